The topological polar surface area (TPSA) is 204 Å². The highest BCUT2D eigenvalue weighted by Crippen LogP contribution is 2.18. The van der Waals surface area contributed by atoms with Gasteiger partial charge in [0.05, 0.1) is 22.1 Å². The highest BCUT2D eigenvalue weighted by molar-refractivity contribution is 6.10. The van der Waals surface area contributed by atoms with Gasteiger partial charge < -0.3 is 21.4 Å². The van der Waals surface area contributed by atoms with Crippen LogP contribution in [0.15, 0.2) is 54.6 Å². The number of ketones is 2. The Balaban J connectivity index is 1.46. The maximum atomic E-state index is 13.0. The molecule has 0 aliphatic rings. The van der Waals surface area contributed by atoms with Gasteiger partial charge in [-0.1, -0.05) is 6.07 Å². The molecule has 0 saturated heterocycles. The summed E-state index contributed by atoms with van der Waals surface area (Å²) in [7, 11) is 0. The Labute approximate surface area is 191 Å². The van der Waals surface area contributed by atoms with E-state index in [4.69, 9.17) is 22.3 Å². The van der Waals surface area contributed by atoms with Gasteiger partial charge >= 0.3 is 0 Å². The molecule has 2 aromatic carbocycles. The van der Waals surface area contributed by atoms with E-state index < -0.39 is 11.6 Å². The molecule has 11 nitrogen and oxygen atoms in total. The monoisotopic (exact) mass is 451 g/mol. The summed E-state index contributed by atoms with van der Waals surface area (Å²) in [5.41, 5.74) is 14.3. The third-order valence-corrected chi connectivity index (χ3v) is 5.23. The normalized spacial score (nSPS) is 11.1. The summed E-state index contributed by atoms with van der Waals surface area (Å²) in [6.45, 7) is 0. The Morgan fingerprint density at radius 3 is 1.53 bits per heavy atom. The third kappa shape index (κ3) is 3.56. The van der Waals surface area contributed by atoms with E-state index in [1.807, 2.05) is 0 Å². The number of imidazole rings is 2. The van der Waals surface area contributed by atoms with Crippen molar-refractivity contribution in [3.63, 3.8) is 0 Å². The van der Waals surface area contributed by atoms with Crippen LogP contribution in [0.5, 0.6) is 0 Å². The van der Waals surface area contributed by atoms with E-state index in [9.17, 15) is 9.59 Å². The van der Waals surface area contributed by atoms with Crippen LogP contribution in [0, 0.1) is 10.8 Å². The number of rotatable bonds is 6. The first kappa shape index (κ1) is 20.7. The second kappa shape index (κ2) is 7.74. The Kier molecular flexibility index (Phi) is 4.71. The predicted octanol–water partition coefficient (Wildman–Crippen LogP) is 1.86. The molecular formula is C23H17N9O2. The number of amidine groups is 2. The van der Waals surface area contributed by atoms with Crippen molar-refractivity contribution < 1.29 is 9.59 Å². The summed E-state index contributed by atoms with van der Waals surface area (Å²) in [5, 5.41) is 15.1. The number of nitrogens with one attached hydrogen (secondary N) is 4. The first-order valence-electron chi connectivity index (χ1n) is 10.0. The molecule has 0 spiro atoms. The minimum absolute atomic E-state index is 0.0340. The summed E-state index contributed by atoms with van der Waals surface area (Å²) < 4.78 is 0. The molecule has 0 fully saturated rings. The van der Waals surface area contributed by atoms with Crippen molar-refractivity contribution in [1.82, 2.24) is 24.9 Å². The molecule has 3 heterocycles. The number of carbonyl (C=O) groups is 2. The summed E-state index contributed by atoms with van der Waals surface area (Å²) in [6.07, 6.45) is 0. The van der Waals surface area contributed by atoms with Crippen LogP contribution >= 0.6 is 0 Å². The maximum absolute atomic E-state index is 13.0. The zero-order valence-electron chi connectivity index (χ0n) is 17.5. The van der Waals surface area contributed by atoms with Crippen molar-refractivity contribution >= 4 is 45.3 Å². The van der Waals surface area contributed by atoms with Crippen molar-refractivity contribution in [2.75, 3.05) is 0 Å². The number of nitrogens with two attached hydrogens (primary N) is 2. The number of H-pyrrole nitrogens is 2. The number of carbonyl (C=O) groups excluding carboxylic acids is 2. The van der Waals surface area contributed by atoms with E-state index in [-0.39, 0.29) is 34.7 Å². The summed E-state index contributed by atoms with van der Waals surface area (Å²) in [6, 6.07) is 14.4. The molecule has 5 rings (SSSR count). The minimum Gasteiger partial charge on any atom is -0.384 e. The fraction of sp³-hybridized carbons (Fsp3) is 0. The average molecular weight is 451 g/mol. The lowest BCUT2D eigenvalue weighted by Crippen LogP contribution is -2.12. The van der Waals surface area contributed by atoms with E-state index in [0.29, 0.717) is 33.2 Å². The smallest absolute Gasteiger partial charge is 0.246 e. The number of benzene rings is 2. The quantitative estimate of drug-likeness (QED) is 0.128. The lowest BCUT2D eigenvalue weighted by molar-refractivity contribution is 0.102. The molecule has 11 heteroatoms. The zero-order chi connectivity index (χ0) is 24.0. The van der Waals surface area contributed by atoms with E-state index in [2.05, 4.69) is 24.9 Å². The van der Waals surface area contributed by atoms with Gasteiger partial charge in [-0.3, -0.25) is 20.4 Å². The van der Waals surface area contributed by atoms with Crippen LogP contribution < -0.4 is 11.5 Å². The summed E-state index contributed by atoms with van der Waals surface area (Å²) in [4.78, 5) is 44.6. The van der Waals surface area contributed by atoms with Gasteiger partial charge in [-0.15, -0.1) is 0 Å². The number of fused-ring (bicyclic) bond motifs is 2. The molecule has 0 radical (unpaired) electrons. The highest BCUT2D eigenvalue weighted by Gasteiger charge is 2.20. The zero-order valence-corrected chi connectivity index (χ0v) is 17.5. The molecule has 0 amide bonds. The number of aromatic amines is 2. The number of nitrogens with zero attached hydrogens (tertiary/aromatic N) is 3. The van der Waals surface area contributed by atoms with Gasteiger partial charge in [0.15, 0.2) is 11.6 Å². The average Bonchev–Trinajstić information content (AvgIpc) is 3.46. The predicted molar refractivity (Wildman–Crippen MR) is 125 cm³/mol. The van der Waals surface area contributed by atoms with Crippen LogP contribution in [-0.2, 0) is 0 Å². The first-order valence-corrected chi connectivity index (χ1v) is 10.0. The van der Waals surface area contributed by atoms with Crippen LogP contribution in [0.3, 0.4) is 0 Å². The van der Waals surface area contributed by atoms with Crippen molar-refractivity contribution in [3.8, 4) is 0 Å². The molecule has 0 saturated carbocycles. The Bertz CT molecular complexity index is 1540. The third-order valence-electron chi connectivity index (χ3n) is 5.23. The van der Waals surface area contributed by atoms with Crippen molar-refractivity contribution in [3.05, 3.63) is 88.8 Å². The molecule has 8 N–H and O–H groups in total. The lowest BCUT2D eigenvalue weighted by atomic mass is 10.2. The molecule has 5 aromatic rings. The first-order chi connectivity index (χ1) is 16.3. The molecule has 0 aliphatic carbocycles. The van der Waals surface area contributed by atoms with Gasteiger partial charge in [0, 0.05) is 11.1 Å². The molecule has 0 unspecified atom stereocenters. The van der Waals surface area contributed by atoms with Gasteiger partial charge in [0.25, 0.3) is 0 Å². The van der Waals surface area contributed by atoms with Crippen molar-refractivity contribution in [1.29, 1.82) is 10.8 Å². The van der Waals surface area contributed by atoms with Gasteiger partial charge in [0.2, 0.25) is 11.6 Å². The number of nitrogen functional groups attached to an aromatic ring is 2. The standard InChI is InChI=1S/C23H17N9O2/c24-20(25)10-4-6-12-16(8-10)31-22(29-12)18(33)14-2-1-3-15(28-14)19(34)23-30-13-7-5-11(21(26)27)9-17(13)32-23/h1-9H,(H3,24,25)(H3,26,27)(H,29,31)(H,30,32). The van der Waals surface area contributed by atoms with Crippen LogP contribution in [0.2, 0.25) is 0 Å². The van der Waals surface area contributed by atoms with Gasteiger partial charge in [-0.2, -0.15) is 0 Å². The molecule has 0 aliphatic heterocycles. The van der Waals surface area contributed by atoms with E-state index in [1.54, 1.807) is 42.5 Å². The van der Waals surface area contributed by atoms with Crippen LogP contribution in [0.25, 0.3) is 22.1 Å². The van der Waals surface area contributed by atoms with E-state index >= 15 is 0 Å². The second-order valence-corrected chi connectivity index (χ2v) is 7.53. The van der Waals surface area contributed by atoms with Crippen molar-refractivity contribution in [2.24, 2.45) is 11.5 Å². The number of hydrogen-bond donors (Lipinski definition) is 6. The van der Waals surface area contributed by atoms with Crippen molar-refractivity contribution in [2.45, 2.75) is 0 Å². The molecule has 166 valence electrons. The van der Waals surface area contributed by atoms with Crippen LogP contribution in [-0.4, -0.2) is 48.2 Å². The van der Waals surface area contributed by atoms with Gasteiger partial charge in [-0.25, -0.2) is 15.0 Å². The van der Waals surface area contributed by atoms with E-state index in [1.165, 1.54) is 12.1 Å². The molecule has 0 atom stereocenters. The molecular weight excluding hydrogens is 434 g/mol. The highest BCUT2D eigenvalue weighted by atomic mass is 16.1. The number of pyridine rings is 1. The summed E-state index contributed by atoms with van der Waals surface area (Å²) in [5.74, 6) is -1.08. The second-order valence-electron chi connectivity index (χ2n) is 7.53. The summed E-state index contributed by atoms with van der Waals surface area (Å²) >= 11 is 0. The largest absolute Gasteiger partial charge is 0.384 e. The molecule has 0 bridgehead atoms. The Morgan fingerprint density at radius 1 is 0.676 bits per heavy atom. The van der Waals surface area contributed by atoms with E-state index in [0.717, 1.165) is 0 Å². The fourth-order valence-corrected chi connectivity index (χ4v) is 3.50. The molecule has 34 heavy (non-hydrogen) atoms. The van der Waals surface area contributed by atoms with Gasteiger partial charge in [-0.05, 0) is 48.5 Å². The Morgan fingerprint density at radius 2 is 1.12 bits per heavy atom. The minimum atomic E-state index is -0.495. The van der Waals surface area contributed by atoms with Gasteiger partial charge in [0.1, 0.15) is 23.1 Å². The number of hydrogen-bond acceptors (Lipinski definition) is 7. The fourth-order valence-electron chi connectivity index (χ4n) is 3.50. The maximum Gasteiger partial charge on any atom is 0.246 e. The SMILES string of the molecule is N=C(N)c1ccc2nc(C(=O)c3cccc(C(=O)c4nc5ccc(C(=N)N)cc5[nH]4)n3)[nH]c2c1. The lowest BCUT2D eigenvalue weighted by Gasteiger charge is -2.01. The number of aromatic nitrogens is 5. The van der Waals surface area contributed by atoms with Crippen LogP contribution in [0.4, 0.5) is 0 Å². The molecule has 3 aromatic heterocycles. The van der Waals surface area contributed by atoms with Crippen LogP contribution in [0.1, 0.15) is 43.8 Å². The Hall–Kier alpha value is -5.19.